The Morgan fingerprint density at radius 3 is 2.77 bits per heavy atom. The average molecular weight is 424 g/mol. The van der Waals surface area contributed by atoms with Gasteiger partial charge in [0.2, 0.25) is 5.91 Å². The number of carbonyl (C=O) groups excluding carboxylic acids is 1. The zero-order valence-corrected chi connectivity index (χ0v) is 17.2. The smallest absolute Gasteiger partial charge is 0.332 e. The third-order valence-corrected chi connectivity index (χ3v) is 4.91. The van der Waals surface area contributed by atoms with E-state index in [4.69, 9.17) is 9.26 Å². The third-order valence-electron chi connectivity index (χ3n) is 4.91. The molecule has 0 radical (unpaired) electrons. The van der Waals surface area contributed by atoms with E-state index in [-0.39, 0.29) is 30.2 Å². The van der Waals surface area contributed by atoms with Crippen molar-refractivity contribution in [3.8, 4) is 17.1 Å². The molecule has 11 heteroatoms. The van der Waals surface area contributed by atoms with Crippen LogP contribution >= 0.6 is 0 Å². The Bertz CT molecular complexity index is 1390. The second-order valence-electron chi connectivity index (χ2n) is 6.94. The van der Waals surface area contributed by atoms with Crippen LogP contribution in [0.2, 0.25) is 0 Å². The first kappa shape index (κ1) is 20.1. The molecule has 11 nitrogen and oxygen atoms in total. The van der Waals surface area contributed by atoms with E-state index in [0.717, 1.165) is 10.1 Å². The second kappa shape index (κ2) is 7.94. The van der Waals surface area contributed by atoms with Crippen LogP contribution in [0.5, 0.6) is 5.75 Å². The Morgan fingerprint density at radius 1 is 1.19 bits per heavy atom. The maximum Gasteiger partial charge on any atom is 0.332 e. The van der Waals surface area contributed by atoms with E-state index in [2.05, 4.69) is 15.5 Å². The number of carbonyl (C=O) groups is 1. The number of amides is 1. The third kappa shape index (κ3) is 3.72. The van der Waals surface area contributed by atoms with Gasteiger partial charge in [-0.2, -0.15) is 0 Å². The van der Waals surface area contributed by atoms with Gasteiger partial charge in [0, 0.05) is 25.7 Å². The summed E-state index contributed by atoms with van der Waals surface area (Å²) >= 11 is 0. The van der Waals surface area contributed by atoms with Crippen molar-refractivity contribution in [1.29, 1.82) is 0 Å². The molecule has 1 amide bonds. The van der Waals surface area contributed by atoms with Gasteiger partial charge in [0.25, 0.3) is 5.56 Å². The topological polar surface area (TPSA) is 126 Å². The highest BCUT2D eigenvalue weighted by molar-refractivity contribution is 5.78. The monoisotopic (exact) mass is 424 g/mol. The molecule has 0 fully saturated rings. The molecule has 0 unspecified atom stereocenters. The van der Waals surface area contributed by atoms with Gasteiger partial charge in [-0.05, 0) is 12.1 Å². The molecule has 160 valence electrons. The predicted molar refractivity (Wildman–Crippen MR) is 111 cm³/mol. The molecule has 0 aliphatic heterocycles. The van der Waals surface area contributed by atoms with Crippen molar-refractivity contribution in [2.45, 2.75) is 13.1 Å². The molecular formula is C20H20N6O5. The fraction of sp³-hybridized carbons (Fsp3) is 0.250. The maximum atomic E-state index is 12.5. The highest BCUT2D eigenvalue weighted by Crippen LogP contribution is 2.24. The van der Waals surface area contributed by atoms with Crippen LogP contribution in [0.3, 0.4) is 0 Å². The molecule has 0 saturated carbocycles. The number of ether oxygens (including phenoxy) is 1. The van der Waals surface area contributed by atoms with E-state index >= 15 is 0 Å². The Labute approximate surface area is 175 Å². The maximum absolute atomic E-state index is 12.5. The van der Waals surface area contributed by atoms with E-state index < -0.39 is 11.2 Å². The van der Waals surface area contributed by atoms with Crippen LogP contribution in [0.1, 0.15) is 5.69 Å². The molecule has 1 aromatic carbocycles. The summed E-state index contributed by atoms with van der Waals surface area (Å²) in [7, 11) is 4.48. The van der Waals surface area contributed by atoms with E-state index in [1.54, 1.807) is 13.2 Å². The lowest BCUT2D eigenvalue weighted by molar-refractivity contribution is -0.121. The van der Waals surface area contributed by atoms with Crippen LogP contribution in [-0.4, -0.2) is 36.9 Å². The van der Waals surface area contributed by atoms with E-state index in [1.165, 1.54) is 29.6 Å². The summed E-state index contributed by atoms with van der Waals surface area (Å²) in [5.41, 5.74) is 0.755. The summed E-state index contributed by atoms with van der Waals surface area (Å²) in [6, 6.07) is 9.08. The summed E-state index contributed by atoms with van der Waals surface area (Å²) in [4.78, 5) is 41.0. The van der Waals surface area contributed by atoms with Gasteiger partial charge >= 0.3 is 5.69 Å². The molecule has 4 aromatic rings. The minimum absolute atomic E-state index is 0.134. The number of hydrogen-bond donors (Lipinski definition) is 1. The largest absolute Gasteiger partial charge is 0.497 e. The number of aromatic nitrogens is 5. The molecule has 1 N–H and O–H groups in total. The molecule has 31 heavy (non-hydrogen) atoms. The summed E-state index contributed by atoms with van der Waals surface area (Å²) in [5, 5.41) is 6.71. The van der Waals surface area contributed by atoms with E-state index in [9.17, 15) is 14.4 Å². The lowest BCUT2D eigenvalue weighted by Gasteiger charge is -2.07. The molecule has 0 spiro atoms. The molecule has 0 bridgehead atoms. The molecule has 3 heterocycles. The Balaban J connectivity index is 1.47. The van der Waals surface area contributed by atoms with E-state index in [1.807, 2.05) is 24.3 Å². The van der Waals surface area contributed by atoms with Gasteiger partial charge in [-0.3, -0.25) is 18.7 Å². The fourth-order valence-electron chi connectivity index (χ4n) is 3.22. The van der Waals surface area contributed by atoms with Crippen LogP contribution in [0.25, 0.3) is 22.5 Å². The molecule has 4 rings (SSSR count). The van der Waals surface area contributed by atoms with Crippen molar-refractivity contribution in [1.82, 2.24) is 29.2 Å². The van der Waals surface area contributed by atoms with Crippen molar-refractivity contribution in [3.63, 3.8) is 0 Å². The minimum Gasteiger partial charge on any atom is -0.497 e. The Hall–Kier alpha value is -4.15. The predicted octanol–water partition coefficient (Wildman–Crippen LogP) is 0.414. The number of methoxy groups -OCH3 is 1. The zero-order valence-electron chi connectivity index (χ0n) is 17.2. The number of nitrogens with one attached hydrogen (secondary N) is 1. The number of hydrogen-bond acceptors (Lipinski definition) is 7. The first-order valence-corrected chi connectivity index (χ1v) is 9.36. The Morgan fingerprint density at radius 2 is 2.00 bits per heavy atom. The van der Waals surface area contributed by atoms with Gasteiger partial charge in [0.15, 0.2) is 16.9 Å². The summed E-state index contributed by atoms with van der Waals surface area (Å²) in [5.74, 6) is 0.897. The lowest BCUT2D eigenvalue weighted by Crippen LogP contribution is -2.38. The first-order chi connectivity index (χ1) is 14.9. The van der Waals surface area contributed by atoms with Crippen molar-refractivity contribution < 1.29 is 14.1 Å². The van der Waals surface area contributed by atoms with Crippen molar-refractivity contribution in [3.05, 3.63) is 63.2 Å². The number of imidazole rings is 1. The van der Waals surface area contributed by atoms with Crippen LogP contribution in [0.4, 0.5) is 0 Å². The SMILES string of the molecule is COc1cccc(-c2cc(CNC(=O)Cn3cnc4c3c(=O)n(C)c(=O)n4C)no2)c1. The molecule has 0 aliphatic carbocycles. The normalized spacial score (nSPS) is 11.1. The number of fused-ring (bicyclic) bond motifs is 1. The minimum atomic E-state index is -0.511. The summed E-state index contributed by atoms with van der Waals surface area (Å²) < 4.78 is 14.2. The van der Waals surface area contributed by atoms with Crippen LogP contribution in [0.15, 0.2) is 50.8 Å². The second-order valence-corrected chi connectivity index (χ2v) is 6.94. The molecule has 0 atom stereocenters. The average Bonchev–Trinajstić information content (AvgIpc) is 3.42. The van der Waals surface area contributed by atoms with E-state index in [0.29, 0.717) is 17.2 Å². The number of nitrogens with zero attached hydrogens (tertiary/aromatic N) is 5. The quantitative estimate of drug-likeness (QED) is 0.475. The van der Waals surface area contributed by atoms with Crippen LogP contribution in [0, 0.1) is 0 Å². The van der Waals surface area contributed by atoms with Gasteiger partial charge in [0.05, 0.1) is 20.0 Å². The first-order valence-electron chi connectivity index (χ1n) is 9.36. The van der Waals surface area contributed by atoms with Crippen molar-refractivity contribution >= 4 is 17.1 Å². The van der Waals surface area contributed by atoms with Crippen molar-refractivity contribution in [2.75, 3.05) is 7.11 Å². The van der Waals surface area contributed by atoms with Gasteiger partial charge in [0.1, 0.15) is 18.0 Å². The lowest BCUT2D eigenvalue weighted by atomic mass is 10.1. The summed E-state index contributed by atoms with van der Waals surface area (Å²) in [6.07, 6.45) is 1.36. The fourth-order valence-corrected chi connectivity index (χ4v) is 3.22. The zero-order chi connectivity index (χ0) is 22.1. The van der Waals surface area contributed by atoms with Crippen molar-refractivity contribution in [2.24, 2.45) is 14.1 Å². The standard InChI is InChI=1S/C20H20N6O5/c1-24-18-17(19(28)25(2)20(24)29)26(11-22-18)10-16(27)21-9-13-8-15(31-23-13)12-5-4-6-14(7-12)30-3/h4-8,11H,9-10H2,1-3H3,(H,21,27). The highest BCUT2D eigenvalue weighted by Gasteiger charge is 2.16. The summed E-state index contributed by atoms with van der Waals surface area (Å²) in [6.45, 7) is 0.0139. The highest BCUT2D eigenvalue weighted by atomic mass is 16.5. The number of aryl methyl sites for hydroxylation is 1. The van der Waals surface area contributed by atoms with Crippen LogP contribution in [-0.2, 0) is 32.0 Å². The van der Waals surface area contributed by atoms with Crippen LogP contribution < -0.4 is 21.3 Å². The number of rotatable bonds is 6. The van der Waals surface area contributed by atoms with Gasteiger partial charge in [-0.25, -0.2) is 9.78 Å². The molecule has 3 aromatic heterocycles. The van der Waals surface area contributed by atoms with Gasteiger partial charge in [-0.1, -0.05) is 17.3 Å². The number of benzene rings is 1. The van der Waals surface area contributed by atoms with Gasteiger partial charge < -0.3 is 19.1 Å². The molecule has 0 saturated heterocycles. The Kier molecular flexibility index (Phi) is 5.15. The molecule has 0 aliphatic rings. The molecular weight excluding hydrogens is 404 g/mol. The van der Waals surface area contributed by atoms with Gasteiger partial charge in [-0.15, -0.1) is 0 Å².